The van der Waals surface area contributed by atoms with Crippen LogP contribution >= 0.6 is 0 Å². The molecule has 0 unspecified atom stereocenters. The van der Waals surface area contributed by atoms with Crippen LogP contribution in [0.4, 0.5) is 10.1 Å². The van der Waals surface area contributed by atoms with E-state index in [1.165, 1.54) is 18.3 Å². The SMILES string of the molecule is C=CN=C(/C=C\C)C(N=N)=Nc1cc(F)cc(OCc2ccccn2)c1. The van der Waals surface area contributed by atoms with Gasteiger partial charge in [-0.3, -0.25) is 9.98 Å². The summed E-state index contributed by atoms with van der Waals surface area (Å²) in [5, 5.41) is 3.37. The first-order valence-corrected chi connectivity index (χ1v) is 7.77. The van der Waals surface area contributed by atoms with E-state index in [4.69, 9.17) is 10.3 Å². The van der Waals surface area contributed by atoms with Crippen LogP contribution < -0.4 is 4.74 Å². The van der Waals surface area contributed by atoms with Crippen LogP contribution in [0.15, 0.2) is 82.6 Å². The number of nitrogens with one attached hydrogen (secondary N) is 1. The third-order valence-electron chi connectivity index (χ3n) is 3.09. The van der Waals surface area contributed by atoms with E-state index < -0.39 is 5.82 Å². The summed E-state index contributed by atoms with van der Waals surface area (Å²) in [4.78, 5) is 12.4. The summed E-state index contributed by atoms with van der Waals surface area (Å²) in [6.07, 6.45) is 6.35. The van der Waals surface area contributed by atoms with Gasteiger partial charge >= 0.3 is 0 Å². The Morgan fingerprint density at radius 1 is 1.35 bits per heavy atom. The maximum absolute atomic E-state index is 13.9. The standard InChI is InChI=1S/C19H18FN5O/c1-3-7-18(22-4-2)19(25-21)24-16-10-14(20)11-17(12-16)26-13-15-8-5-6-9-23-15/h3-12,21H,2,13H2,1H3/b7-3-,22-18?,24-19?,25-21?. The van der Waals surface area contributed by atoms with Gasteiger partial charge in [-0.05, 0) is 31.2 Å². The first-order chi connectivity index (χ1) is 12.7. The van der Waals surface area contributed by atoms with E-state index in [1.54, 1.807) is 37.4 Å². The Labute approximate surface area is 151 Å². The van der Waals surface area contributed by atoms with E-state index in [1.807, 2.05) is 12.1 Å². The van der Waals surface area contributed by atoms with Crippen molar-refractivity contribution in [3.8, 4) is 5.75 Å². The highest BCUT2D eigenvalue weighted by Crippen LogP contribution is 2.24. The van der Waals surface area contributed by atoms with Gasteiger partial charge in [-0.25, -0.2) is 14.9 Å². The number of hydrogen-bond acceptors (Lipinski definition) is 5. The van der Waals surface area contributed by atoms with Crippen molar-refractivity contribution in [2.75, 3.05) is 0 Å². The molecule has 0 saturated heterocycles. The molecule has 0 saturated carbocycles. The van der Waals surface area contributed by atoms with Gasteiger partial charge in [0, 0.05) is 24.5 Å². The fraction of sp³-hybridized carbons (Fsp3) is 0.105. The third kappa shape index (κ3) is 5.55. The minimum absolute atomic E-state index is 0.0317. The lowest BCUT2D eigenvalue weighted by atomic mass is 10.2. The number of ether oxygens (including phenoxy) is 1. The molecule has 0 spiro atoms. The molecule has 0 fully saturated rings. The van der Waals surface area contributed by atoms with Gasteiger partial charge < -0.3 is 4.74 Å². The number of amidine groups is 1. The molecule has 1 heterocycles. The molecule has 0 radical (unpaired) electrons. The number of nitrogens with zero attached hydrogens (tertiary/aromatic N) is 4. The second kappa shape index (κ2) is 9.73. The smallest absolute Gasteiger partial charge is 0.200 e. The van der Waals surface area contributed by atoms with Crippen LogP contribution in [0, 0.1) is 11.3 Å². The number of aliphatic imine (C=N–C) groups is 2. The second-order valence-electron chi connectivity index (χ2n) is 5.00. The van der Waals surface area contributed by atoms with Crippen molar-refractivity contribution in [3.63, 3.8) is 0 Å². The summed E-state index contributed by atoms with van der Waals surface area (Å²) >= 11 is 0. The van der Waals surface area contributed by atoms with E-state index in [9.17, 15) is 4.39 Å². The maximum atomic E-state index is 13.9. The van der Waals surface area contributed by atoms with Crippen LogP contribution in [0.5, 0.6) is 5.75 Å². The summed E-state index contributed by atoms with van der Waals surface area (Å²) in [5.74, 6) is -0.184. The molecular weight excluding hydrogens is 333 g/mol. The Kier molecular flexibility index (Phi) is 7.05. The molecule has 0 amide bonds. The predicted molar refractivity (Wildman–Crippen MR) is 99.7 cm³/mol. The molecule has 0 bridgehead atoms. The van der Waals surface area contributed by atoms with Crippen molar-refractivity contribution >= 4 is 17.2 Å². The van der Waals surface area contributed by atoms with E-state index in [2.05, 4.69) is 26.7 Å². The third-order valence-corrected chi connectivity index (χ3v) is 3.09. The molecule has 7 heteroatoms. The molecule has 132 valence electrons. The summed E-state index contributed by atoms with van der Waals surface area (Å²) in [6, 6.07) is 9.49. The van der Waals surface area contributed by atoms with Crippen LogP contribution in [-0.4, -0.2) is 16.5 Å². The van der Waals surface area contributed by atoms with Crippen molar-refractivity contribution in [2.24, 2.45) is 15.1 Å². The summed E-state index contributed by atoms with van der Waals surface area (Å²) < 4.78 is 19.5. The molecule has 2 aromatic rings. The molecule has 0 atom stereocenters. The van der Waals surface area contributed by atoms with Gasteiger partial charge in [0.1, 0.15) is 23.9 Å². The van der Waals surface area contributed by atoms with E-state index in [0.717, 1.165) is 5.69 Å². The zero-order chi connectivity index (χ0) is 18.8. The lowest BCUT2D eigenvalue weighted by Gasteiger charge is -2.07. The lowest BCUT2D eigenvalue weighted by molar-refractivity contribution is 0.300. The van der Waals surface area contributed by atoms with Crippen LogP contribution in [0.2, 0.25) is 0 Å². The van der Waals surface area contributed by atoms with Crippen molar-refractivity contribution in [3.05, 3.63) is 79.0 Å². The van der Waals surface area contributed by atoms with Gasteiger partial charge in [0.05, 0.1) is 11.4 Å². The minimum Gasteiger partial charge on any atom is -0.487 e. The summed E-state index contributed by atoms with van der Waals surface area (Å²) in [5.41, 5.74) is 8.63. The molecule has 0 aliphatic heterocycles. The fourth-order valence-electron chi connectivity index (χ4n) is 2.03. The highest BCUT2D eigenvalue weighted by Gasteiger charge is 2.07. The maximum Gasteiger partial charge on any atom is 0.200 e. The molecule has 1 N–H and O–H groups in total. The topological polar surface area (TPSA) is 83.0 Å². The molecule has 2 rings (SSSR count). The second-order valence-corrected chi connectivity index (χ2v) is 5.00. The Morgan fingerprint density at radius 2 is 2.19 bits per heavy atom. The van der Waals surface area contributed by atoms with E-state index in [0.29, 0.717) is 11.5 Å². The van der Waals surface area contributed by atoms with E-state index in [-0.39, 0.29) is 18.1 Å². The van der Waals surface area contributed by atoms with Crippen LogP contribution in [0.3, 0.4) is 0 Å². The first-order valence-electron chi connectivity index (χ1n) is 7.77. The molecule has 0 aliphatic rings. The van der Waals surface area contributed by atoms with Crippen molar-refractivity contribution < 1.29 is 9.13 Å². The van der Waals surface area contributed by atoms with Crippen LogP contribution in [0.1, 0.15) is 12.6 Å². The number of rotatable bonds is 7. The molecule has 26 heavy (non-hydrogen) atoms. The van der Waals surface area contributed by atoms with Crippen LogP contribution in [0.25, 0.3) is 0 Å². The first kappa shape index (κ1) is 18.9. The highest BCUT2D eigenvalue weighted by molar-refractivity contribution is 6.46. The van der Waals surface area contributed by atoms with Crippen molar-refractivity contribution in [2.45, 2.75) is 13.5 Å². The Balaban J connectivity index is 2.28. The van der Waals surface area contributed by atoms with Crippen molar-refractivity contribution in [1.82, 2.24) is 4.98 Å². The molecular formula is C19H18FN5O. The normalized spacial score (nSPS) is 12.2. The van der Waals surface area contributed by atoms with E-state index >= 15 is 0 Å². The Hall–Kier alpha value is -3.48. The molecule has 0 aliphatic carbocycles. The van der Waals surface area contributed by atoms with Gasteiger partial charge in [0.25, 0.3) is 0 Å². The Morgan fingerprint density at radius 3 is 2.85 bits per heavy atom. The van der Waals surface area contributed by atoms with Gasteiger partial charge in [-0.15, -0.1) is 5.11 Å². The number of pyridine rings is 1. The number of allylic oxidation sites excluding steroid dienone is 1. The van der Waals surface area contributed by atoms with Gasteiger partial charge in [-0.2, -0.15) is 0 Å². The number of hydrogen-bond donors (Lipinski definition) is 1. The average molecular weight is 351 g/mol. The monoisotopic (exact) mass is 351 g/mol. The zero-order valence-corrected chi connectivity index (χ0v) is 14.3. The van der Waals surface area contributed by atoms with Crippen molar-refractivity contribution in [1.29, 1.82) is 5.53 Å². The fourth-order valence-corrected chi connectivity index (χ4v) is 2.03. The largest absolute Gasteiger partial charge is 0.487 e. The number of benzene rings is 1. The number of halogens is 1. The average Bonchev–Trinajstić information content (AvgIpc) is 2.65. The molecule has 6 nitrogen and oxygen atoms in total. The summed E-state index contributed by atoms with van der Waals surface area (Å²) in [6.45, 7) is 5.52. The molecule has 1 aromatic carbocycles. The van der Waals surface area contributed by atoms with Gasteiger partial charge in [-0.1, -0.05) is 18.7 Å². The minimum atomic E-state index is -0.514. The van der Waals surface area contributed by atoms with Crippen LogP contribution in [-0.2, 0) is 6.61 Å². The highest BCUT2D eigenvalue weighted by atomic mass is 19.1. The zero-order valence-electron chi connectivity index (χ0n) is 14.3. The quantitative estimate of drug-likeness (QED) is 0.431. The van der Waals surface area contributed by atoms with Gasteiger partial charge in [0.2, 0.25) is 0 Å². The number of aromatic nitrogens is 1. The molecule has 1 aromatic heterocycles. The predicted octanol–water partition coefficient (Wildman–Crippen LogP) is 5.02. The lowest BCUT2D eigenvalue weighted by Crippen LogP contribution is -2.07. The summed E-state index contributed by atoms with van der Waals surface area (Å²) in [7, 11) is 0. The Bertz CT molecular complexity index is 859. The van der Waals surface area contributed by atoms with Gasteiger partial charge in [0.15, 0.2) is 5.84 Å².